The maximum absolute atomic E-state index is 13.2. The number of carboxylic acid groups (broad SMARTS) is 1. The number of benzene rings is 1. The summed E-state index contributed by atoms with van der Waals surface area (Å²) in [6.45, 7) is 1.93. The number of halogens is 1. The predicted molar refractivity (Wildman–Crippen MR) is 67.5 cm³/mol. The average Bonchev–Trinajstić information content (AvgIpc) is 2.85. The lowest BCUT2D eigenvalue weighted by Gasteiger charge is -2.13. The molecule has 2 aromatic rings. The van der Waals surface area contributed by atoms with Crippen molar-refractivity contribution in [2.45, 2.75) is 13.0 Å². The van der Waals surface area contributed by atoms with Crippen LogP contribution >= 0.6 is 11.3 Å². The average molecular weight is 266 g/mol. The second-order valence-corrected chi connectivity index (χ2v) is 4.69. The fourth-order valence-corrected chi connectivity index (χ4v) is 2.17. The maximum atomic E-state index is 13.2. The third kappa shape index (κ3) is 2.65. The summed E-state index contributed by atoms with van der Waals surface area (Å²) in [6, 6.07) is 3.93. The summed E-state index contributed by atoms with van der Waals surface area (Å²) < 4.78 is 13.2. The molecule has 0 bridgehead atoms. The van der Waals surface area contributed by atoms with Gasteiger partial charge < -0.3 is 10.4 Å². The van der Waals surface area contributed by atoms with Gasteiger partial charge in [0.15, 0.2) is 0 Å². The number of aromatic carboxylic acids is 1. The van der Waals surface area contributed by atoms with Crippen molar-refractivity contribution in [3.63, 3.8) is 0 Å². The van der Waals surface area contributed by atoms with Gasteiger partial charge in [-0.05, 0) is 25.1 Å². The first-order valence-electron chi connectivity index (χ1n) is 5.25. The monoisotopic (exact) mass is 266 g/mol. The van der Waals surface area contributed by atoms with E-state index in [0.717, 1.165) is 10.9 Å². The molecule has 0 aliphatic rings. The van der Waals surface area contributed by atoms with E-state index in [4.69, 9.17) is 5.11 Å². The van der Waals surface area contributed by atoms with Gasteiger partial charge in [-0.2, -0.15) is 0 Å². The van der Waals surface area contributed by atoms with Gasteiger partial charge in [-0.3, -0.25) is 4.98 Å². The molecule has 6 heteroatoms. The Balaban J connectivity index is 2.20. The van der Waals surface area contributed by atoms with Crippen molar-refractivity contribution in [1.82, 2.24) is 4.98 Å². The van der Waals surface area contributed by atoms with Gasteiger partial charge in [0.2, 0.25) is 0 Å². The Morgan fingerprint density at radius 1 is 1.56 bits per heavy atom. The molecule has 4 nitrogen and oxygen atoms in total. The van der Waals surface area contributed by atoms with Crippen LogP contribution in [-0.4, -0.2) is 16.1 Å². The van der Waals surface area contributed by atoms with Gasteiger partial charge in [-0.25, -0.2) is 9.18 Å². The van der Waals surface area contributed by atoms with Gasteiger partial charge in [0, 0.05) is 16.8 Å². The largest absolute Gasteiger partial charge is 0.478 e. The molecule has 0 saturated carbocycles. The fourth-order valence-electron chi connectivity index (χ4n) is 1.54. The number of nitrogens with one attached hydrogen (secondary N) is 1. The number of carboxylic acids is 1. The summed E-state index contributed by atoms with van der Waals surface area (Å²) in [7, 11) is 0. The zero-order valence-electron chi connectivity index (χ0n) is 9.55. The Morgan fingerprint density at radius 2 is 2.33 bits per heavy atom. The van der Waals surface area contributed by atoms with Crippen molar-refractivity contribution in [3.8, 4) is 0 Å². The van der Waals surface area contributed by atoms with Crippen LogP contribution in [0, 0.1) is 5.82 Å². The molecule has 0 aliphatic heterocycles. The number of aromatic nitrogens is 1. The lowest BCUT2D eigenvalue weighted by Crippen LogP contribution is -2.07. The molecule has 1 unspecified atom stereocenters. The van der Waals surface area contributed by atoms with Crippen LogP contribution in [0.5, 0.6) is 0 Å². The van der Waals surface area contributed by atoms with E-state index in [1.54, 1.807) is 11.7 Å². The number of thiazole rings is 1. The summed E-state index contributed by atoms with van der Waals surface area (Å²) in [5.41, 5.74) is 1.95. The number of rotatable bonds is 4. The van der Waals surface area contributed by atoms with Crippen molar-refractivity contribution >= 4 is 23.0 Å². The van der Waals surface area contributed by atoms with E-state index in [1.807, 2.05) is 6.92 Å². The molecule has 0 radical (unpaired) electrons. The molecule has 94 valence electrons. The molecule has 0 amide bonds. The first-order valence-corrected chi connectivity index (χ1v) is 6.13. The van der Waals surface area contributed by atoms with Crippen molar-refractivity contribution in [3.05, 3.63) is 46.2 Å². The van der Waals surface area contributed by atoms with Crippen LogP contribution in [0.2, 0.25) is 0 Å². The Morgan fingerprint density at radius 3 is 2.94 bits per heavy atom. The molecule has 0 saturated heterocycles. The zero-order chi connectivity index (χ0) is 13.1. The molecular weight excluding hydrogens is 255 g/mol. The summed E-state index contributed by atoms with van der Waals surface area (Å²) in [4.78, 5) is 15.8. The molecule has 0 aliphatic carbocycles. The smallest absolute Gasteiger partial charge is 0.338 e. The quantitative estimate of drug-likeness (QED) is 0.892. The van der Waals surface area contributed by atoms with Crippen molar-refractivity contribution in [1.29, 1.82) is 0 Å². The molecule has 2 N–H and O–H groups in total. The molecule has 0 fully saturated rings. The lowest BCUT2D eigenvalue weighted by atomic mass is 10.1. The highest BCUT2D eigenvalue weighted by molar-refractivity contribution is 7.09. The summed E-state index contributed by atoms with van der Waals surface area (Å²) in [5, 5.41) is 11.9. The second-order valence-electron chi connectivity index (χ2n) is 3.77. The topological polar surface area (TPSA) is 62.2 Å². The Labute approximate surface area is 107 Å². The van der Waals surface area contributed by atoms with Crippen LogP contribution in [0.25, 0.3) is 0 Å². The predicted octanol–water partition coefficient (Wildman–Crippen LogP) is 3.15. The highest BCUT2D eigenvalue weighted by Crippen LogP contribution is 2.23. The lowest BCUT2D eigenvalue weighted by molar-refractivity contribution is 0.0692. The van der Waals surface area contributed by atoms with Crippen LogP contribution in [0.3, 0.4) is 0 Å². The summed E-state index contributed by atoms with van der Waals surface area (Å²) in [5.74, 6) is -2.01. The van der Waals surface area contributed by atoms with Crippen LogP contribution in [0.15, 0.2) is 29.9 Å². The molecular formula is C12H11FN2O2S. The SMILES string of the molecule is CC(Nc1ccc(F)c(C(=O)O)c1)c1cncs1. The first kappa shape index (κ1) is 12.5. The highest BCUT2D eigenvalue weighted by atomic mass is 32.1. The van der Waals surface area contributed by atoms with E-state index in [-0.39, 0.29) is 11.6 Å². The number of hydrogen-bond donors (Lipinski definition) is 2. The minimum absolute atomic E-state index is 0.00962. The van der Waals surface area contributed by atoms with Crippen molar-refractivity contribution in [2.24, 2.45) is 0 Å². The fraction of sp³-hybridized carbons (Fsp3) is 0.167. The van der Waals surface area contributed by atoms with Gasteiger partial charge in [-0.15, -0.1) is 11.3 Å². The van der Waals surface area contributed by atoms with E-state index >= 15 is 0 Å². The molecule has 1 aromatic carbocycles. The van der Waals surface area contributed by atoms with Gasteiger partial charge in [-0.1, -0.05) is 0 Å². The van der Waals surface area contributed by atoms with Crippen LogP contribution in [0.4, 0.5) is 10.1 Å². The van der Waals surface area contributed by atoms with E-state index in [1.165, 1.54) is 23.5 Å². The number of carbonyl (C=O) groups is 1. The van der Waals surface area contributed by atoms with E-state index in [2.05, 4.69) is 10.3 Å². The van der Waals surface area contributed by atoms with Gasteiger partial charge in [0.05, 0.1) is 17.1 Å². The minimum atomic E-state index is -1.28. The zero-order valence-corrected chi connectivity index (χ0v) is 10.4. The van der Waals surface area contributed by atoms with E-state index in [9.17, 15) is 9.18 Å². The van der Waals surface area contributed by atoms with Gasteiger partial charge in [0.1, 0.15) is 5.82 Å². The van der Waals surface area contributed by atoms with E-state index < -0.39 is 11.8 Å². The molecule has 0 spiro atoms. The third-order valence-corrected chi connectivity index (χ3v) is 3.42. The van der Waals surface area contributed by atoms with Gasteiger partial charge >= 0.3 is 5.97 Å². The number of hydrogen-bond acceptors (Lipinski definition) is 4. The molecule has 1 aromatic heterocycles. The third-order valence-electron chi connectivity index (χ3n) is 2.46. The molecule has 1 heterocycles. The van der Waals surface area contributed by atoms with Crippen molar-refractivity contribution < 1.29 is 14.3 Å². The summed E-state index contributed by atoms with van der Waals surface area (Å²) in [6.07, 6.45) is 1.74. The number of nitrogens with zero attached hydrogens (tertiary/aromatic N) is 1. The number of anilines is 1. The Hall–Kier alpha value is -1.95. The van der Waals surface area contributed by atoms with Crippen LogP contribution in [0.1, 0.15) is 28.2 Å². The van der Waals surface area contributed by atoms with Crippen LogP contribution in [-0.2, 0) is 0 Å². The normalized spacial score (nSPS) is 12.1. The van der Waals surface area contributed by atoms with E-state index in [0.29, 0.717) is 5.69 Å². The maximum Gasteiger partial charge on any atom is 0.338 e. The van der Waals surface area contributed by atoms with Crippen molar-refractivity contribution in [2.75, 3.05) is 5.32 Å². The second kappa shape index (κ2) is 5.14. The molecule has 18 heavy (non-hydrogen) atoms. The Bertz CT molecular complexity index is 557. The minimum Gasteiger partial charge on any atom is -0.478 e. The molecule has 2 rings (SSSR count). The van der Waals surface area contributed by atoms with Crippen LogP contribution < -0.4 is 5.32 Å². The first-order chi connectivity index (χ1) is 8.58. The Kier molecular flexibility index (Phi) is 3.57. The molecule has 1 atom stereocenters. The van der Waals surface area contributed by atoms with Gasteiger partial charge in [0.25, 0.3) is 0 Å². The summed E-state index contributed by atoms with van der Waals surface area (Å²) >= 11 is 1.50. The highest BCUT2D eigenvalue weighted by Gasteiger charge is 2.12. The standard InChI is InChI=1S/C12H11FN2O2S/c1-7(11-5-14-6-18-11)15-8-2-3-10(13)9(4-8)12(16)17/h2-7,15H,1H3,(H,16,17).